The van der Waals surface area contributed by atoms with E-state index in [0.717, 1.165) is 34.5 Å². The summed E-state index contributed by atoms with van der Waals surface area (Å²) in [6, 6.07) is 7.76. The summed E-state index contributed by atoms with van der Waals surface area (Å²) in [5, 5.41) is 17.7. The number of aromatic nitrogens is 2. The monoisotopic (exact) mass is 366 g/mol. The minimum absolute atomic E-state index is 0.538. The highest BCUT2D eigenvalue weighted by Crippen LogP contribution is 2.25. The number of rotatable bonds is 5. The summed E-state index contributed by atoms with van der Waals surface area (Å²) in [6.07, 6.45) is 0.806. The number of hydrogen-bond acceptors (Lipinski definition) is 3. The van der Waals surface area contributed by atoms with Gasteiger partial charge in [-0.25, -0.2) is 0 Å². The minimum Gasteiger partial charge on any atom is -0.378 e. The first-order valence-corrected chi connectivity index (χ1v) is 7.95. The molecule has 0 radical (unpaired) electrons. The van der Waals surface area contributed by atoms with Gasteiger partial charge in [-0.1, -0.05) is 34.5 Å². The zero-order valence-electron chi connectivity index (χ0n) is 12.0. The molecule has 0 fully saturated rings. The standard InChI is InChI=1S/C15H16BrClN4/c1-3-12-15(17)14(21(4-2)20-12)9-19-13-6-5-11(16)7-10(13)8-18/h5-7,19H,3-4,9H2,1-2H3. The molecule has 1 aromatic heterocycles. The second kappa shape index (κ2) is 6.97. The van der Waals surface area contributed by atoms with Crippen molar-refractivity contribution >= 4 is 33.2 Å². The van der Waals surface area contributed by atoms with E-state index in [0.29, 0.717) is 17.1 Å². The highest BCUT2D eigenvalue weighted by atomic mass is 79.9. The molecule has 0 saturated heterocycles. The van der Waals surface area contributed by atoms with Crippen LogP contribution in [0.25, 0.3) is 0 Å². The second-order valence-corrected chi connectivity index (χ2v) is 5.83. The zero-order chi connectivity index (χ0) is 15.4. The Balaban J connectivity index is 2.25. The van der Waals surface area contributed by atoms with Gasteiger partial charge in [0, 0.05) is 11.0 Å². The largest absolute Gasteiger partial charge is 0.378 e. The first-order chi connectivity index (χ1) is 10.1. The maximum atomic E-state index is 9.18. The molecule has 2 rings (SSSR count). The molecule has 110 valence electrons. The van der Waals surface area contributed by atoms with Gasteiger partial charge in [0.2, 0.25) is 0 Å². The highest BCUT2D eigenvalue weighted by Gasteiger charge is 2.14. The Bertz CT molecular complexity index is 688. The molecule has 1 heterocycles. The quantitative estimate of drug-likeness (QED) is 0.854. The summed E-state index contributed by atoms with van der Waals surface area (Å²) in [6.45, 7) is 5.37. The molecule has 0 amide bonds. The Labute approximate surface area is 137 Å². The molecule has 0 aliphatic heterocycles. The normalized spacial score (nSPS) is 10.4. The number of anilines is 1. The van der Waals surface area contributed by atoms with Gasteiger partial charge in [-0.2, -0.15) is 10.4 Å². The van der Waals surface area contributed by atoms with Crippen LogP contribution in [0.5, 0.6) is 0 Å². The fourth-order valence-electron chi connectivity index (χ4n) is 2.13. The van der Waals surface area contributed by atoms with Crippen molar-refractivity contribution in [2.75, 3.05) is 5.32 Å². The van der Waals surface area contributed by atoms with Crippen LogP contribution in [-0.2, 0) is 19.5 Å². The van der Waals surface area contributed by atoms with Gasteiger partial charge in [0.1, 0.15) is 6.07 Å². The Hall–Kier alpha value is -1.51. The lowest BCUT2D eigenvalue weighted by atomic mass is 10.2. The van der Waals surface area contributed by atoms with Crippen LogP contribution in [-0.4, -0.2) is 9.78 Å². The van der Waals surface area contributed by atoms with Crippen LogP contribution in [0.4, 0.5) is 5.69 Å². The van der Waals surface area contributed by atoms with E-state index in [4.69, 9.17) is 11.6 Å². The maximum absolute atomic E-state index is 9.18. The summed E-state index contributed by atoms with van der Waals surface area (Å²) in [5.41, 5.74) is 3.24. The number of aryl methyl sites for hydroxylation is 2. The lowest BCUT2D eigenvalue weighted by Gasteiger charge is -2.10. The predicted molar refractivity (Wildman–Crippen MR) is 88.5 cm³/mol. The zero-order valence-corrected chi connectivity index (χ0v) is 14.3. The number of nitriles is 1. The van der Waals surface area contributed by atoms with Gasteiger partial charge in [0.25, 0.3) is 0 Å². The Kier molecular flexibility index (Phi) is 5.27. The molecule has 2 aromatic rings. The molecule has 0 aliphatic carbocycles. The molecule has 0 atom stereocenters. The van der Waals surface area contributed by atoms with E-state index >= 15 is 0 Å². The van der Waals surface area contributed by atoms with E-state index in [2.05, 4.69) is 32.4 Å². The van der Waals surface area contributed by atoms with E-state index in [-0.39, 0.29) is 0 Å². The van der Waals surface area contributed by atoms with Crippen molar-refractivity contribution in [1.82, 2.24) is 9.78 Å². The molecule has 0 unspecified atom stereocenters. The summed E-state index contributed by atoms with van der Waals surface area (Å²) in [7, 11) is 0. The summed E-state index contributed by atoms with van der Waals surface area (Å²) >= 11 is 9.74. The third kappa shape index (κ3) is 3.39. The predicted octanol–water partition coefficient (Wildman–Crippen LogP) is 4.37. The van der Waals surface area contributed by atoms with Gasteiger partial charge in [0.15, 0.2) is 0 Å². The summed E-state index contributed by atoms with van der Waals surface area (Å²) < 4.78 is 2.79. The van der Waals surface area contributed by atoms with Gasteiger partial charge in [0.05, 0.1) is 34.2 Å². The van der Waals surface area contributed by atoms with Crippen molar-refractivity contribution in [2.45, 2.75) is 33.4 Å². The molecule has 0 bridgehead atoms. The van der Waals surface area contributed by atoms with E-state index in [1.165, 1.54) is 0 Å². The topological polar surface area (TPSA) is 53.6 Å². The molecule has 0 saturated carbocycles. The first-order valence-electron chi connectivity index (χ1n) is 6.78. The average Bonchev–Trinajstić information content (AvgIpc) is 2.81. The van der Waals surface area contributed by atoms with Gasteiger partial charge in [-0.05, 0) is 31.5 Å². The van der Waals surface area contributed by atoms with Crippen molar-refractivity contribution in [3.05, 3.63) is 44.6 Å². The van der Waals surface area contributed by atoms with Gasteiger partial charge >= 0.3 is 0 Å². The van der Waals surface area contributed by atoms with Crippen molar-refractivity contribution in [1.29, 1.82) is 5.26 Å². The van der Waals surface area contributed by atoms with Crippen LogP contribution >= 0.6 is 27.5 Å². The van der Waals surface area contributed by atoms with Crippen LogP contribution in [0.2, 0.25) is 5.02 Å². The molecule has 21 heavy (non-hydrogen) atoms. The Morgan fingerprint density at radius 1 is 1.43 bits per heavy atom. The molecule has 1 N–H and O–H groups in total. The van der Waals surface area contributed by atoms with Crippen molar-refractivity contribution in [2.24, 2.45) is 0 Å². The average molecular weight is 368 g/mol. The fourth-order valence-corrected chi connectivity index (χ4v) is 2.83. The third-order valence-electron chi connectivity index (χ3n) is 3.24. The fraction of sp³-hybridized carbons (Fsp3) is 0.333. The smallest absolute Gasteiger partial charge is 0.101 e. The van der Waals surface area contributed by atoms with Crippen LogP contribution < -0.4 is 5.32 Å². The van der Waals surface area contributed by atoms with Crippen LogP contribution in [0.1, 0.15) is 30.8 Å². The molecule has 6 heteroatoms. The maximum Gasteiger partial charge on any atom is 0.101 e. The van der Waals surface area contributed by atoms with Crippen molar-refractivity contribution < 1.29 is 0 Å². The lowest BCUT2D eigenvalue weighted by molar-refractivity contribution is 0.619. The molecule has 1 aromatic carbocycles. The van der Waals surface area contributed by atoms with E-state index in [1.54, 1.807) is 6.07 Å². The van der Waals surface area contributed by atoms with Gasteiger partial charge < -0.3 is 5.32 Å². The number of benzene rings is 1. The Morgan fingerprint density at radius 3 is 2.81 bits per heavy atom. The lowest BCUT2D eigenvalue weighted by Crippen LogP contribution is -2.09. The van der Waals surface area contributed by atoms with Crippen LogP contribution in [0, 0.1) is 11.3 Å². The third-order valence-corrected chi connectivity index (χ3v) is 4.17. The van der Waals surface area contributed by atoms with Gasteiger partial charge in [-0.15, -0.1) is 0 Å². The number of nitrogens with zero attached hydrogens (tertiary/aromatic N) is 3. The van der Waals surface area contributed by atoms with E-state index in [9.17, 15) is 5.26 Å². The first kappa shape index (κ1) is 15.9. The molecular weight excluding hydrogens is 352 g/mol. The SMILES string of the molecule is CCc1nn(CC)c(CNc2ccc(Br)cc2C#N)c1Cl. The van der Waals surface area contributed by atoms with E-state index < -0.39 is 0 Å². The minimum atomic E-state index is 0.538. The number of nitrogens with one attached hydrogen (secondary N) is 1. The molecular formula is C15H16BrClN4. The summed E-state index contributed by atoms with van der Waals surface area (Å²) in [5.74, 6) is 0. The molecule has 0 spiro atoms. The van der Waals surface area contributed by atoms with Crippen molar-refractivity contribution in [3.63, 3.8) is 0 Å². The molecule has 0 aliphatic rings. The van der Waals surface area contributed by atoms with Crippen molar-refractivity contribution in [3.8, 4) is 6.07 Å². The Morgan fingerprint density at radius 2 is 2.19 bits per heavy atom. The molecule has 4 nitrogen and oxygen atoms in total. The highest BCUT2D eigenvalue weighted by molar-refractivity contribution is 9.10. The van der Waals surface area contributed by atoms with Gasteiger partial charge in [-0.3, -0.25) is 4.68 Å². The number of hydrogen-bond donors (Lipinski definition) is 1. The van der Waals surface area contributed by atoms with E-state index in [1.807, 2.05) is 30.7 Å². The van der Waals surface area contributed by atoms with Crippen LogP contribution in [0.15, 0.2) is 22.7 Å². The number of halogens is 2. The summed E-state index contributed by atoms with van der Waals surface area (Å²) in [4.78, 5) is 0. The second-order valence-electron chi connectivity index (χ2n) is 4.53. The van der Waals surface area contributed by atoms with Crippen LogP contribution in [0.3, 0.4) is 0 Å².